The zero-order chi connectivity index (χ0) is 14.5. The molecule has 0 spiro atoms. The molecular formula is C17H28N2O. The van der Waals surface area contributed by atoms with Crippen LogP contribution in [0.3, 0.4) is 0 Å². The molecule has 0 bridgehead atoms. The Labute approximate surface area is 123 Å². The van der Waals surface area contributed by atoms with Crippen LogP contribution >= 0.6 is 0 Å². The van der Waals surface area contributed by atoms with Crippen LogP contribution in [0.2, 0.25) is 0 Å². The van der Waals surface area contributed by atoms with Crippen LogP contribution in [0.5, 0.6) is 0 Å². The minimum absolute atomic E-state index is 0.311. The molecule has 112 valence electrons. The second kappa shape index (κ2) is 7.09. The second-order valence-corrected chi connectivity index (χ2v) is 6.35. The Balaban J connectivity index is 1.90. The van der Waals surface area contributed by atoms with Gasteiger partial charge in [0.25, 0.3) is 0 Å². The largest absolute Gasteiger partial charge is 0.372 e. The molecular weight excluding hydrogens is 248 g/mol. The molecule has 0 aromatic heterocycles. The number of ether oxygens (including phenoxy) is 1. The number of rotatable bonds is 5. The van der Waals surface area contributed by atoms with Gasteiger partial charge >= 0.3 is 0 Å². The first-order valence-corrected chi connectivity index (χ1v) is 7.74. The standard InChI is InChI=1S/C17H28N2O/c1-13(2)9-18-10-16-5-7-17(8-6-16)19-11-14(3)20-15(4)12-19/h5-8,13-15,18H,9-12H2,1-4H3. The van der Waals surface area contributed by atoms with Gasteiger partial charge in [-0.1, -0.05) is 26.0 Å². The molecule has 3 nitrogen and oxygen atoms in total. The minimum Gasteiger partial charge on any atom is -0.372 e. The van der Waals surface area contributed by atoms with Crippen molar-refractivity contribution >= 4 is 5.69 Å². The Hall–Kier alpha value is -1.06. The maximum Gasteiger partial charge on any atom is 0.0726 e. The highest BCUT2D eigenvalue weighted by molar-refractivity contribution is 5.48. The first kappa shape index (κ1) is 15.3. The molecule has 0 saturated carbocycles. The third kappa shape index (κ3) is 4.50. The van der Waals surface area contributed by atoms with Crippen molar-refractivity contribution in [2.75, 3.05) is 24.5 Å². The Morgan fingerprint density at radius 2 is 1.75 bits per heavy atom. The normalized spacial score (nSPS) is 23.4. The summed E-state index contributed by atoms with van der Waals surface area (Å²) in [4.78, 5) is 2.42. The number of hydrogen-bond donors (Lipinski definition) is 1. The van der Waals surface area contributed by atoms with Gasteiger partial charge in [0.05, 0.1) is 12.2 Å². The van der Waals surface area contributed by atoms with E-state index in [1.807, 2.05) is 0 Å². The van der Waals surface area contributed by atoms with Crippen molar-refractivity contribution in [2.24, 2.45) is 5.92 Å². The lowest BCUT2D eigenvalue weighted by Gasteiger charge is -2.36. The van der Waals surface area contributed by atoms with E-state index in [4.69, 9.17) is 4.74 Å². The van der Waals surface area contributed by atoms with Crippen LogP contribution in [0.4, 0.5) is 5.69 Å². The summed E-state index contributed by atoms with van der Waals surface area (Å²) in [7, 11) is 0. The molecule has 1 aliphatic rings. The van der Waals surface area contributed by atoms with E-state index < -0.39 is 0 Å². The molecule has 2 rings (SSSR count). The smallest absolute Gasteiger partial charge is 0.0726 e. The van der Waals surface area contributed by atoms with Crippen molar-refractivity contribution < 1.29 is 4.74 Å². The van der Waals surface area contributed by atoms with Gasteiger partial charge in [0.1, 0.15) is 0 Å². The van der Waals surface area contributed by atoms with Crippen LogP contribution in [0.15, 0.2) is 24.3 Å². The van der Waals surface area contributed by atoms with Gasteiger partial charge in [-0.05, 0) is 44.0 Å². The molecule has 1 aromatic rings. The van der Waals surface area contributed by atoms with Gasteiger partial charge in [0.2, 0.25) is 0 Å². The second-order valence-electron chi connectivity index (χ2n) is 6.35. The maximum absolute atomic E-state index is 5.79. The Morgan fingerprint density at radius 3 is 2.30 bits per heavy atom. The van der Waals surface area contributed by atoms with E-state index in [1.54, 1.807) is 0 Å². The van der Waals surface area contributed by atoms with Gasteiger partial charge in [0.15, 0.2) is 0 Å². The highest BCUT2D eigenvalue weighted by Crippen LogP contribution is 2.20. The lowest BCUT2D eigenvalue weighted by atomic mass is 10.1. The molecule has 1 saturated heterocycles. The fourth-order valence-corrected chi connectivity index (χ4v) is 2.72. The van der Waals surface area contributed by atoms with Gasteiger partial charge in [-0.2, -0.15) is 0 Å². The predicted molar refractivity (Wildman–Crippen MR) is 85.2 cm³/mol. The third-order valence-electron chi connectivity index (χ3n) is 3.60. The monoisotopic (exact) mass is 276 g/mol. The van der Waals surface area contributed by atoms with Crippen LogP contribution in [0, 0.1) is 5.92 Å². The first-order chi connectivity index (χ1) is 9.54. The van der Waals surface area contributed by atoms with Crippen molar-refractivity contribution in [3.63, 3.8) is 0 Å². The van der Waals surface area contributed by atoms with E-state index in [9.17, 15) is 0 Å². The van der Waals surface area contributed by atoms with Gasteiger partial charge in [0, 0.05) is 25.3 Å². The molecule has 2 unspecified atom stereocenters. The molecule has 0 aliphatic carbocycles. The number of morpholine rings is 1. The van der Waals surface area contributed by atoms with Crippen molar-refractivity contribution in [1.29, 1.82) is 0 Å². The highest BCUT2D eigenvalue weighted by atomic mass is 16.5. The Kier molecular flexibility index (Phi) is 5.44. The number of benzene rings is 1. The van der Waals surface area contributed by atoms with Crippen molar-refractivity contribution in [2.45, 2.75) is 46.4 Å². The average molecular weight is 276 g/mol. The number of anilines is 1. The molecule has 0 amide bonds. The van der Waals surface area contributed by atoms with Crippen LogP contribution in [0.25, 0.3) is 0 Å². The molecule has 1 N–H and O–H groups in total. The minimum atomic E-state index is 0.311. The molecule has 20 heavy (non-hydrogen) atoms. The lowest BCUT2D eigenvalue weighted by molar-refractivity contribution is -0.00521. The van der Waals surface area contributed by atoms with Crippen LogP contribution in [0.1, 0.15) is 33.3 Å². The van der Waals surface area contributed by atoms with E-state index in [1.165, 1.54) is 11.3 Å². The summed E-state index contributed by atoms with van der Waals surface area (Å²) in [5.74, 6) is 0.700. The Morgan fingerprint density at radius 1 is 1.15 bits per heavy atom. The first-order valence-electron chi connectivity index (χ1n) is 7.74. The maximum atomic E-state index is 5.79. The van der Waals surface area contributed by atoms with Gasteiger partial charge in [-0.15, -0.1) is 0 Å². The van der Waals surface area contributed by atoms with E-state index in [0.717, 1.165) is 26.2 Å². The average Bonchev–Trinajstić information content (AvgIpc) is 2.38. The van der Waals surface area contributed by atoms with E-state index >= 15 is 0 Å². The van der Waals surface area contributed by atoms with Crippen molar-refractivity contribution in [1.82, 2.24) is 5.32 Å². The summed E-state index contributed by atoms with van der Waals surface area (Å²) in [6.07, 6.45) is 0.622. The summed E-state index contributed by atoms with van der Waals surface area (Å²) in [6.45, 7) is 12.7. The number of nitrogens with zero attached hydrogens (tertiary/aromatic N) is 1. The molecule has 1 aliphatic heterocycles. The molecule has 3 heteroatoms. The lowest BCUT2D eigenvalue weighted by Crippen LogP contribution is -2.45. The predicted octanol–water partition coefficient (Wildman–Crippen LogP) is 3.05. The summed E-state index contributed by atoms with van der Waals surface area (Å²) >= 11 is 0. The van der Waals surface area contributed by atoms with Crippen LogP contribution in [-0.4, -0.2) is 31.8 Å². The summed E-state index contributed by atoms with van der Waals surface area (Å²) in [6, 6.07) is 8.93. The van der Waals surface area contributed by atoms with Crippen LogP contribution in [-0.2, 0) is 11.3 Å². The highest BCUT2D eigenvalue weighted by Gasteiger charge is 2.22. The molecule has 1 aromatic carbocycles. The summed E-state index contributed by atoms with van der Waals surface area (Å²) < 4.78 is 5.79. The van der Waals surface area contributed by atoms with Gasteiger partial charge in [-0.3, -0.25) is 0 Å². The molecule has 0 radical (unpaired) electrons. The fraction of sp³-hybridized carbons (Fsp3) is 0.647. The zero-order valence-corrected chi connectivity index (χ0v) is 13.2. The van der Waals surface area contributed by atoms with Crippen molar-refractivity contribution in [3.8, 4) is 0 Å². The zero-order valence-electron chi connectivity index (χ0n) is 13.2. The van der Waals surface area contributed by atoms with Crippen LogP contribution < -0.4 is 10.2 Å². The van der Waals surface area contributed by atoms with E-state index in [-0.39, 0.29) is 0 Å². The van der Waals surface area contributed by atoms with Gasteiger partial charge < -0.3 is 15.0 Å². The SMILES string of the molecule is CC(C)CNCc1ccc(N2CC(C)OC(C)C2)cc1. The quantitative estimate of drug-likeness (QED) is 0.894. The molecule has 2 atom stereocenters. The Bertz CT molecular complexity index is 392. The topological polar surface area (TPSA) is 24.5 Å². The van der Waals surface area contributed by atoms with Gasteiger partial charge in [-0.25, -0.2) is 0 Å². The fourth-order valence-electron chi connectivity index (χ4n) is 2.72. The van der Waals surface area contributed by atoms with E-state index in [0.29, 0.717) is 18.1 Å². The molecule has 1 fully saturated rings. The summed E-state index contributed by atoms with van der Waals surface area (Å²) in [5.41, 5.74) is 2.66. The number of hydrogen-bond acceptors (Lipinski definition) is 3. The number of nitrogens with one attached hydrogen (secondary N) is 1. The molecule has 1 heterocycles. The van der Waals surface area contributed by atoms with Crippen molar-refractivity contribution in [3.05, 3.63) is 29.8 Å². The third-order valence-corrected chi connectivity index (χ3v) is 3.60. The summed E-state index contributed by atoms with van der Waals surface area (Å²) in [5, 5.41) is 3.48. The van der Waals surface area contributed by atoms with E-state index in [2.05, 4.69) is 62.2 Å².